The lowest BCUT2D eigenvalue weighted by Crippen LogP contribution is -2.26. The monoisotopic (exact) mass is 328 g/mol. The van der Waals surface area contributed by atoms with Gasteiger partial charge in [-0.15, -0.1) is 0 Å². The van der Waals surface area contributed by atoms with Crippen molar-refractivity contribution >= 4 is 39.6 Å². The average molecular weight is 330 g/mol. The third-order valence-corrected chi connectivity index (χ3v) is 3.91. The van der Waals surface area contributed by atoms with E-state index in [1.807, 2.05) is 25.1 Å². The molecule has 0 aromatic heterocycles. The minimum atomic E-state index is -0.0835. The number of benzene rings is 1. The van der Waals surface area contributed by atoms with Gasteiger partial charge < -0.3 is 4.74 Å². The van der Waals surface area contributed by atoms with Gasteiger partial charge >= 0.3 is 5.97 Å². The zero-order valence-electron chi connectivity index (χ0n) is 10.1. The van der Waals surface area contributed by atoms with E-state index in [2.05, 4.69) is 22.0 Å². The van der Waals surface area contributed by atoms with Crippen molar-refractivity contribution < 1.29 is 9.53 Å². The summed E-state index contributed by atoms with van der Waals surface area (Å²) >= 11 is 9.44. The quantitative estimate of drug-likeness (QED) is 0.765. The van der Waals surface area contributed by atoms with Gasteiger partial charge in [-0.2, -0.15) is 0 Å². The Morgan fingerprint density at radius 3 is 2.94 bits per heavy atom. The molecule has 1 fully saturated rings. The van der Waals surface area contributed by atoms with Crippen LogP contribution in [0, 0.1) is 5.92 Å². The molecule has 2 rings (SSSR count). The molecule has 1 aliphatic carbocycles. The third-order valence-electron chi connectivity index (χ3n) is 2.95. The summed E-state index contributed by atoms with van der Waals surface area (Å²) < 4.78 is 6.00. The second kappa shape index (κ2) is 5.89. The van der Waals surface area contributed by atoms with Crippen LogP contribution in [0.2, 0.25) is 5.02 Å². The van der Waals surface area contributed by atoms with Gasteiger partial charge in [-0.25, -0.2) is 0 Å². The number of rotatable bonds is 3. The van der Waals surface area contributed by atoms with Crippen LogP contribution in [0.1, 0.15) is 25.3 Å². The molecule has 0 atom stereocenters. The van der Waals surface area contributed by atoms with Crippen molar-refractivity contribution in [3.8, 4) is 0 Å². The first-order valence-corrected chi connectivity index (χ1v) is 7.08. The van der Waals surface area contributed by atoms with E-state index >= 15 is 0 Å². The maximum Gasteiger partial charge on any atom is 0.309 e. The molecule has 0 N–H and O–H groups in total. The zero-order valence-corrected chi connectivity index (χ0v) is 12.4. The van der Waals surface area contributed by atoms with Crippen LogP contribution in [0.25, 0.3) is 6.08 Å². The molecule has 0 spiro atoms. The van der Waals surface area contributed by atoms with Gasteiger partial charge in [0.2, 0.25) is 0 Å². The predicted molar refractivity (Wildman–Crippen MR) is 76.5 cm³/mol. The zero-order chi connectivity index (χ0) is 13.1. The predicted octanol–water partition coefficient (Wildman–Crippen LogP) is 4.46. The molecule has 96 valence electrons. The summed E-state index contributed by atoms with van der Waals surface area (Å²) in [5, 5.41) is 0.714. The van der Waals surface area contributed by atoms with Crippen LogP contribution < -0.4 is 0 Å². The lowest BCUT2D eigenvalue weighted by atomic mass is 9.79. The number of hydrogen-bond acceptors (Lipinski definition) is 2. The fourth-order valence-corrected chi connectivity index (χ4v) is 2.50. The van der Waals surface area contributed by atoms with Crippen LogP contribution in [0.5, 0.6) is 0 Å². The summed E-state index contributed by atoms with van der Waals surface area (Å²) in [4.78, 5) is 11.5. The number of carbonyl (C=O) groups is 1. The highest BCUT2D eigenvalue weighted by atomic mass is 79.9. The van der Waals surface area contributed by atoms with Gasteiger partial charge in [-0.1, -0.05) is 39.2 Å². The summed E-state index contributed by atoms with van der Waals surface area (Å²) in [6.07, 6.45) is 3.67. The Morgan fingerprint density at radius 1 is 1.56 bits per heavy atom. The van der Waals surface area contributed by atoms with Crippen molar-refractivity contribution in [1.82, 2.24) is 0 Å². The minimum absolute atomic E-state index is 0.0363. The van der Waals surface area contributed by atoms with Crippen LogP contribution in [0.4, 0.5) is 0 Å². The topological polar surface area (TPSA) is 26.3 Å². The molecule has 0 aliphatic heterocycles. The lowest BCUT2D eigenvalue weighted by Gasteiger charge is -2.27. The third kappa shape index (κ3) is 3.15. The van der Waals surface area contributed by atoms with Gasteiger partial charge in [0.25, 0.3) is 0 Å². The first-order valence-electron chi connectivity index (χ1n) is 5.91. The van der Waals surface area contributed by atoms with Crippen molar-refractivity contribution in [3.63, 3.8) is 0 Å². The maximum atomic E-state index is 11.5. The standard InChI is InChI=1S/C14H14BrClO2/c1-2-18-14(17)11-6-9(7-11)5-10-8-12(16)3-4-13(10)15/h3-5,8,11H,2,6-7H2,1H3. The van der Waals surface area contributed by atoms with Crippen molar-refractivity contribution in [3.05, 3.63) is 38.8 Å². The normalized spacial score (nSPS) is 18.2. The number of ether oxygens (including phenoxy) is 1. The van der Waals surface area contributed by atoms with E-state index in [1.165, 1.54) is 5.57 Å². The summed E-state index contributed by atoms with van der Waals surface area (Å²) in [6, 6.07) is 5.68. The summed E-state index contributed by atoms with van der Waals surface area (Å²) in [7, 11) is 0. The van der Waals surface area contributed by atoms with Gasteiger partial charge in [0.05, 0.1) is 12.5 Å². The SMILES string of the molecule is CCOC(=O)C1CC(=Cc2cc(Cl)ccc2Br)C1. The molecule has 18 heavy (non-hydrogen) atoms. The number of esters is 1. The Labute approximate surface area is 120 Å². The van der Waals surface area contributed by atoms with E-state index in [1.54, 1.807) is 0 Å². The molecule has 1 aromatic rings. The summed E-state index contributed by atoms with van der Waals surface area (Å²) in [5.41, 5.74) is 2.32. The average Bonchev–Trinajstić information content (AvgIpc) is 2.27. The molecule has 0 bridgehead atoms. The summed E-state index contributed by atoms with van der Waals surface area (Å²) in [5.74, 6) is -0.0473. The van der Waals surface area contributed by atoms with Crippen LogP contribution in [0.15, 0.2) is 28.2 Å². The van der Waals surface area contributed by atoms with Crippen molar-refractivity contribution in [2.75, 3.05) is 6.61 Å². The first-order chi connectivity index (χ1) is 8.60. The number of halogens is 2. The van der Waals surface area contributed by atoms with E-state index < -0.39 is 0 Å². The molecular weight excluding hydrogens is 316 g/mol. The van der Waals surface area contributed by atoms with Crippen LogP contribution in [-0.4, -0.2) is 12.6 Å². The molecular formula is C14H14BrClO2. The second-order valence-electron chi connectivity index (χ2n) is 4.33. The van der Waals surface area contributed by atoms with E-state index in [9.17, 15) is 4.79 Å². The van der Waals surface area contributed by atoms with E-state index in [4.69, 9.17) is 16.3 Å². The largest absolute Gasteiger partial charge is 0.466 e. The molecule has 4 heteroatoms. The molecule has 0 heterocycles. The van der Waals surface area contributed by atoms with Gasteiger partial charge in [0, 0.05) is 9.50 Å². The van der Waals surface area contributed by atoms with Crippen LogP contribution in [-0.2, 0) is 9.53 Å². The van der Waals surface area contributed by atoms with E-state index in [0.717, 1.165) is 22.9 Å². The highest BCUT2D eigenvalue weighted by molar-refractivity contribution is 9.10. The van der Waals surface area contributed by atoms with E-state index in [0.29, 0.717) is 11.6 Å². The number of carbonyl (C=O) groups excluding carboxylic acids is 1. The molecule has 1 saturated carbocycles. The molecule has 0 amide bonds. The smallest absolute Gasteiger partial charge is 0.309 e. The Kier molecular flexibility index (Phi) is 4.46. The molecule has 0 radical (unpaired) electrons. The van der Waals surface area contributed by atoms with Crippen molar-refractivity contribution in [1.29, 1.82) is 0 Å². The lowest BCUT2D eigenvalue weighted by molar-refractivity contribution is -0.149. The fourth-order valence-electron chi connectivity index (χ4n) is 1.96. The van der Waals surface area contributed by atoms with E-state index in [-0.39, 0.29) is 11.9 Å². The fraction of sp³-hybridized carbons (Fsp3) is 0.357. The number of hydrogen-bond donors (Lipinski definition) is 0. The first kappa shape index (κ1) is 13.6. The highest BCUT2D eigenvalue weighted by Crippen LogP contribution is 2.36. The molecule has 1 aromatic carbocycles. The second-order valence-corrected chi connectivity index (χ2v) is 5.62. The van der Waals surface area contributed by atoms with Crippen molar-refractivity contribution in [2.45, 2.75) is 19.8 Å². The molecule has 1 aliphatic rings. The van der Waals surface area contributed by atoms with Crippen LogP contribution in [0.3, 0.4) is 0 Å². The van der Waals surface area contributed by atoms with Gasteiger partial charge in [-0.05, 0) is 43.5 Å². The Balaban J connectivity index is 2.01. The van der Waals surface area contributed by atoms with Crippen molar-refractivity contribution in [2.24, 2.45) is 5.92 Å². The molecule has 0 saturated heterocycles. The van der Waals surface area contributed by atoms with Gasteiger partial charge in [0.15, 0.2) is 0 Å². The van der Waals surface area contributed by atoms with Gasteiger partial charge in [-0.3, -0.25) is 4.79 Å². The van der Waals surface area contributed by atoms with Gasteiger partial charge in [0.1, 0.15) is 0 Å². The maximum absolute atomic E-state index is 11.5. The Bertz CT molecular complexity index is 489. The highest BCUT2D eigenvalue weighted by Gasteiger charge is 2.30. The molecule has 0 unspecified atom stereocenters. The Morgan fingerprint density at radius 2 is 2.28 bits per heavy atom. The minimum Gasteiger partial charge on any atom is -0.466 e. The van der Waals surface area contributed by atoms with Crippen LogP contribution >= 0.6 is 27.5 Å². The Hall–Kier alpha value is -0.800. The number of allylic oxidation sites excluding steroid dienone is 1. The summed E-state index contributed by atoms with van der Waals surface area (Å²) in [6.45, 7) is 2.28. The molecule has 2 nitrogen and oxygen atoms in total.